The van der Waals surface area contributed by atoms with E-state index in [0.717, 1.165) is 45.1 Å². The van der Waals surface area contributed by atoms with Crippen LogP contribution in [0.1, 0.15) is 24.9 Å². The van der Waals surface area contributed by atoms with Gasteiger partial charge in [-0.15, -0.1) is 24.0 Å². The first-order valence-electron chi connectivity index (χ1n) is 10.6. The minimum Gasteiger partial charge on any atom is -0.370 e. The zero-order chi connectivity index (χ0) is 20.1. The number of piperidine rings is 1. The summed E-state index contributed by atoms with van der Waals surface area (Å²) in [4.78, 5) is 13.7. The van der Waals surface area contributed by atoms with Crippen molar-refractivity contribution < 1.29 is 0 Å². The maximum atomic E-state index is 4.55. The molecule has 2 aliphatic heterocycles. The molecule has 1 N–H and O–H groups in total. The first kappa shape index (κ1) is 23.2. The lowest BCUT2D eigenvalue weighted by atomic mass is 9.93. The lowest BCUT2D eigenvalue weighted by Gasteiger charge is -2.39. The minimum atomic E-state index is 0. The number of aromatic nitrogens is 2. The van der Waals surface area contributed by atoms with Gasteiger partial charge in [0.1, 0.15) is 0 Å². The molecule has 30 heavy (non-hydrogen) atoms. The van der Waals surface area contributed by atoms with E-state index in [1.54, 1.807) is 0 Å². The summed E-state index contributed by atoms with van der Waals surface area (Å²) < 4.78 is 2.24. The number of hydrogen-bond acceptors (Lipinski definition) is 4. The smallest absolute Gasteiger partial charge is 0.193 e. The highest BCUT2D eigenvalue weighted by Gasteiger charge is 2.28. The molecule has 2 atom stereocenters. The number of guanidine groups is 1. The van der Waals surface area contributed by atoms with Crippen molar-refractivity contribution >= 4 is 47.4 Å². The maximum absolute atomic E-state index is 4.55. The zero-order valence-corrected chi connectivity index (χ0v) is 21.1. The number of benzene rings is 1. The van der Waals surface area contributed by atoms with Crippen LogP contribution < -0.4 is 10.2 Å². The van der Waals surface area contributed by atoms with Gasteiger partial charge in [0.15, 0.2) is 5.96 Å². The SMILES string of the molecule is CN=C(NCc1ccc(N2CCSCC2)cc1)N1CCC(C)C(n2ccnc2)C1.I. The zero-order valence-electron chi connectivity index (χ0n) is 17.9. The molecule has 1 aromatic carbocycles. The van der Waals surface area contributed by atoms with Crippen LogP contribution in [0.2, 0.25) is 0 Å². The van der Waals surface area contributed by atoms with E-state index in [2.05, 4.69) is 67.0 Å². The number of rotatable bonds is 4. The van der Waals surface area contributed by atoms with Crippen LogP contribution in [0.4, 0.5) is 5.69 Å². The summed E-state index contributed by atoms with van der Waals surface area (Å²) >= 11 is 2.05. The molecule has 2 aliphatic rings. The fourth-order valence-electron chi connectivity index (χ4n) is 4.25. The summed E-state index contributed by atoms with van der Waals surface area (Å²) in [5, 5.41) is 3.57. The average Bonchev–Trinajstić information content (AvgIpc) is 3.31. The Labute approximate surface area is 201 Å². The summed E-state index contributed by atoms with van der Waals surface area (Å²) in [5.41, 5.74) is 2.63. The van der Waals surface area contributed by atoms with Crippen LogP contribution in [0, 0.1) is 5.92 Å². The number of halogens is 1. The monoisotopic (exact) mass is 540 g/mol. The molecule has 0 spiro atoms. The van der Waals surface area contributed by atoms with Crippen molar-refractivity contribution in [2.24, 2.45) is 10.9 Å². The molecule has 0 bridgehead atoms. The molecule has 164 valence electrons. The Kier molecular flexibility index (Phi) is 8.73. The number of thioether (sulfide) groups is 1. The molecule has 2 aromatic rings. The van der Waals surface area contributed by atoms with Crippen molar-refractivity contribution in [3.8, 4) is 0 Å². The van der Waals surface area contributed by atoms with Gasteiger partial charge in [0.25, 0.3) is 0 Å². The molecule has 2 saturated heterocycles. The van der Waals surface area contributed by atoms with E-state index >= 15 is 0 Å². The molecule has 4 rings (SSSR count). The van der Waals surface area contributed by atoms with Crippen molar-refractivity contribution in [1.82, 2.24) is 19.8 Å². The fourth-order valence-corrected chi connectivity index (χ4v) is 5.16. The number of likely N-dealkylation sites (tertiary alicyclic amines) is 1. The number of aliphatic imine (C=N–C) groups is 1. The predicted octanol–water partition coefficient (Wildman–Crippen LogP) is 3.71. The highest BCUT2D eigenvalue weighted by atomic mass is 127. The van der Waals surface area contributed by atoms with E-state index in [4.69, 9.17) is 0 Å². The summed E-state index contributed by atoms with van der Waals surface area (Å²) in [5.74, 6) is 4.08. The number of nitrogens with zero attached hydrogens (tertiary/aromatic N) is 5. The minimum absolute atomic E-state index is 0. The van der Waals surface area contributed by atoms with Gasteiger partial charge in [0, 0.05) is 69.4 Å². The van der Waals surface area contributed by atoms with Crippen LogP contribution >= 0.6 is 35.7 Å². The maximum Gasteiger partial charge on any atom is 0.193 e. The van der Waals surface area contributed by atoms with Crippen LogP contribution in [-0.2, 0) is 6.54 Å². The summed E-state index contributed by atoms with van der Waals surface area (Å²) in [7, 11) is 1.88. The van der Waals surface area contributed by atoms with E-state index in [0.29, 0.717) is 12.0 Å². The average molecular weight is 541 g/mol. The van der Waals surface area contributed by atoms with E-state index in [1.165, 1.54) is 22.8 Å². The lowest BCUT2D eigenvalue weighted by Crippen LogP contribution is -2.48. The van der Waals surface area contributed by atoms with Crippen molar-refractivity contribution in [2.45, 2.75) is 25.9 Å². The first-order chi connectivity index (χ1) is 14.2. The second-order valence-electron chi connectivity index (χ2n) is 7.96. The summed E-state index contributed by atoms with van der Waals surface area (Å²) in [6.07, 6.45) is 7.03. The molecular weight excluding hydrogens is 507 g/mol. The summed E-state index contributed by atoms with van der Waals surface area (Å²) in [6.45, 7) is 7.44. The highest BCUT2D eigenvalue weighted by Crippen LogP contribution is 2.27. The van der Waals surface area contributed by atoms with Gasteiger partial charge < -0.3 is 19.7 Å². The molecule has 3 heterocycles. The Bertz CT molecular complexity index is 788. The number of imidazole rings is 1. The van der Waals surface area contributed by atoms with E-state index < -0.39 is 0 Å². The van der Waals surface area contributed by atoms with Gasteiger partial charge in [0.2, 0.25) is 0 Å². The van der Waals surface area contributed by atoms with E-state index in [9.17, 15) is 0 Å². The van der Waals surface area contributed by atoms with Gasteiger partial charge >= 0.3 is 0 Å². The standard InChI is InChI=1S/C22H32N6S.HI/c1-18-7-9-27(16-21(18)28-10-8-24-17-28)22(23-2)25-15-19-3-5-20(6-4-19)26-11-13-29-14-12-26;/h3-6,8,10,17-18,21H,7,9,11-16H2,1-2H3,(H,23,25);1H. The number of anilines is 1. The molecule has 8 heteroatoms. The Morgan fingerprint density at radius 2 is 1.97 bits per heavy atom. The van der Waals surface area contributed by atoms with Gasteiger partial charge in [-0.1, -0.05) is 19.1 Å². The lowest BCUT2D eigenvalue weighted by molar-refractivity contribution is 0.189. The molecule has 0 radical (unpaired) electrons. The van der Waals surface area contributed by atoms with E-state index in [1.807, 2.05) is 31.3 Å². The second kappa shape index (κ2) is 11.3. The third-order valence-corrected chi connectivity index (χ3v) is 7.04. The Hall–Kier alpha value is -1.42. The van der Waals surface area contributed by atoms with Gasteiger partial charge in [0.05, 0.1) is 12.4 Å². The van der Waals surface area contributed by atoms with Crippen LogP contribution in [0.15, 0.2) is 48.0 Å². The van der Waals surface area contributed by atoms with Gasteiger partial charge in [-0.3, -0.25) is 4.99 Å². The quantitative estimate of drug-likeness (QED) is 0.364. The predicted molar refractivity (Wildman–Crippen MR) is 138 cm³/mol. The van der Waals surface area contributed by atoms with Crippen LogP contribution in [0.3, 0.4) is 0 Å². The van der Waals surface area contributed by atoms with Crippen molar-refractivity contribution in [2.75, 3.05) is 49.6 Å². The molecule has 2 fully saturated rings. The molecule has 0 amide bonds. The third kappa shape index (κ3) is 5.63. The third-order valence-electron chi connectivity index (χ3n) is 6.10. The summed E-state index contributed by atoms with van der Waals surface area (Å²) in [6, 6.07) is 9.43. The highest BCUT2D eigenvalue weighted by molar-refractivity contribution is 14.0. The van der Waals surface area contributed by atoms with Crippen LogP contribution in [0.5, 0.6) is 0 Å². The molecule has 0 saturated carbocycles. The second-order valence-corrected chi connectivity index (χ2v) is 9.18. The number of hydrogen-bond donors (Lipinski definition) is 1. The van der Waals surface area contributed by atoms with Crippen molar-refractivity contribution in [1.29, 1.82) is 0 Å². The van der Waals surface area contributed by atoms with Gasteiger partial charge in [-0.2, -0.15) is 11.8 Å². The Morgan fingerprint density at radius 1 is 1.20 bits per heavy atom. The molecule has 1 aromatic heterocycles. The van der Waals surface area contributed by atoms with Gasteiger partial charge in [-0.05, 0) is 30.0 Å². The van der Waals surface area contributed by atoms with Crippen molar-refractivity contribution in [3.05, 3.63) is 48.5 Å². The molecule has 2 unspecified atom stereocenters. The Morgan fingerprint density at radius 3 is 2.63 bits per heavy atom. The van der Waals surface area contributed by atoms with Gasteiger partial charge in [-0.25, -0.2) is 4.98 Å². The topological polar surface area (TPSA) is 48.7 Å². The first-order valence-corrected chi connectivity index (χ1v) is 11.7. The largest absolute Gasteiger partial charge is 0.370 e. The fraction of sp³-hybridized carbons (Fsp3) is 0.545. The Balaban J connectivity index is 0.00000256. The normalized spacial score (nSPS) is 22.5. The number of nitrogens with one attached hydrogen (secondary N) is 1. The van der Waals surface area contributed by atoms with Crippen molar-refractivity contribution in [3.63, 3.8) is 0 Å². The molecule has 6 nitrogen and oxygen atoms in total. The molecular formula is C22H33IN6S. The van der Waals surface area contributed by atoms with Crippen LogP contribution in [0.25, 0.3) is 0 Å². The molecule has 0 aliphatic carbocycles. The van der Waals surface area contributed by atoms with E-state index in [-0.39, 0.29) is 24.0 Å². The van der Waals surface area contributed by atoms with Crippen LogP contribution in [-0.4, -0.2) is 65.1 Å².